The molecule has 6 aliphatic rings. The van der Waals surface area contributed by atoms with Crippen molar-refractivity contribution in [2.24, 2.45) is 35.5 Å². The Morgan fingerprint density at radius 2 is 1.18 bits per heavy atom. The minimum Gasteiger partial charge on any atom is -0.343 e. The third-order valence-corrected chi connectivity index (χ3v) is 23.6. The van der Waals surface area contributed by atoms with Crippen LogP contribution in [0.1, 0.15) is 201 Å². The molecule has 6 rings (SSSR count). The molecule has 2 saturated heterocycles. The summed E-state index contributed by atoms with van der Waals surface area (Å²) >= 11 is 6.41. The smallest absolute Gasteiger partial charge is 0.343 e. The number of likely N-dealkylation sites (N-methyl/N-ethyl adjacent to an activating group) is 8. The molecule has 12 amide bonds. The number of hydrogen-bond donors (Lipinski definition) is 3. The number of nitrogens with one attached hydrogen (secondary N) is 3. The summed E-state index contributed by atoms with van der Waals surface area (Å²) in [7, 11) is 11.4. The minimum atomic E-state index is -4.52. The fourth-order valence-corrected chi connectivity index (χ4v) is 16.8. The van der Waals surface area contributed by atoms with Crippen molar-refractivity contribution < 1.29 is 70.7 Å². The van der Waals surface area contributed by atoms with E-state index in [4.69, 9.17) is 11.6 Å². The van der Waals surface area contributed by atoms with Crippen molar-refractivity contribution in [1.29, 1.82) is 0 Å². The first-order valence-corrected chi connectivity index (χ1v) is 38.1. The van der Waals surface area contributed by atoms with E-state index in [0.717, 1.165) is 77.4 Å². The molecule has 0 aromatic rings. The Bertz CT molecular complexity index is 2940. The van der Waals surface area contributed by atoms with Crippen LogP contribution >= 0.6 is 11.6 Å². The van der Waals surface area contributed by atoms with Gasteiger partial charge in [-0.2, -0.15) is 13.2 Å². The summed E-state index contributed by atoms with van der Waals surface area (Å²) in [5.74, 6) is -11.0. The summed E-state index contributed by atoms with van der Waals surface area (Å²) in [6.07, 6.45) is 8.19. The molecule has 6 fully saturated rings. The SMILES string of the molecule is C=CC[C@H]1C(=O)NC2(CCCC2)C(=O)N(C)[C@@H](C2CCCCC2)C(=O)N(C)[C@H](C(=O)N2CCCCC2)CC(=O)N(C)[C@@H](CC(C)C)C(=O)N[C@@H]([C@@H](C)CC)C(=O)N(C)CC(=O)N(C)CC(=O)N(C)[C@@H](CC2CCCCC2)C(=O)N(C)CC(=O)N[C@@H](CCC2CCC(C(F)(F)F)C(Cl)C2)C(=O)N1C. The first-order valence-electron chi connectivity index (χ1n) is 37.7. The predicted octanol–water partition coefficient (Wildman–Crippen LogP) is 6.90. The van der Waals surface area contributed by atoms with Gasteiger partial charge in [-0.15, -0.1) is 18.2 Å². The number of piperidine rings is 1. The van der Waals surface area contributed by atoms with Crippen LogP contribution in [0.25, 0.3) is 0 Å². The van der Waals surface area contributed by atoms with Gasteiger partial charge in [0.05, 0.1) is 32.0 Å². The van der Waals surface area contributed by atoms with E-state index in [2.05, 4.69) is 22.5 Å². The lowest BCUT2D eigenvalue weighted by Crippen LogP contribution is -2.65. The number of amides is 12. The Morgan fingerprint density at radius 1 is 0.598 bits per heavy atom. The van der Waals surface area contributed by atoms with E-state index in [9.17, 15) is 41.9 Å². The first-order chi connectivity index (χ1) is 48.1. The summed E-state index contributed by atoms with van der Waals surface area (Å²) in [5, 5.41) is 7.53. The second kappa shape index (κ2) is 38.5. The Labute approximate surface area is 608 Å². The van der Waals surface area contributed by atoms with Gasteiger partial charge in [0.15, 0.2) is 0 Å². The minimum absolute atomic E-state index is 0.0205. The lowest BCUT2D eigenvalue weighted by atomic mass is 9.78. The average Bonchev–Trinajstić information content (AvgIpc) is 1.39. The largest absolute Gasteiger partial charge is 0.393 e. The second-order valence-corrected chi connectivity index (χ2v) is 31.6. The fraction of sp³-hybridized carbons (Fsp3) is 0.811. The van der Waals surface area contributed by atoms with Gasteiger partial charge in [-0.05, 0) is 126 Å². The van der Waals surface area contributed by atoms with Gasteiger partial charge in [0, 0.05) is 74.8 Å². The number of likely N-dealkylation sites (tertiary alicyclic amines) is 1. The van der Waals surface area contributed by atoms with Crippen LogP contribution in [0.3, 0.4) is 0 Å². The third kappa shape index (κ3) is 22.0. The molecule has 28 heteroatoms. The molecule has 4 saturated carbocycles. The van der Waals surface area contributed by atoms with E-state index < -0.39 is 174 Å². The molecule has 2 aliphatic heterocycles. The van der Waals surface area contributed by atoms with Gasteiger partial charge in [-0.3, -0.25) is 57.5 Å². The highest BCUT2D eigenvalue weighted by atomic mass is 35.5. The molecule has 1 spiro atoms. The van der Waals surface area contributed by atoms with Crippen LogP contribution in [0.5, 0.6) is 0 Å². The highest BCUT2D eigenvalue weighted by molar-refractivity contribution is 6.21. The highest BCUT2D eigenvalue weighted by Gasteiger charge is 2.52. The quantitative estimate of drug-likeness (QED) is 0.126. The number of halogens is 4. The average molecular weight is 1460 g/mol. The maximum absolute atomic E-state index is 15.9. The monoisotopic (exact) mass is 1460 g/mol. The number of alkyl halides is 4. The van der Waals surface area contributed by atoms with Crippen molar-refractivity contribution in [3.8, 4) is 0 Å². The van der Waals surface area contributed by atoms with Gasteiger partial charge < -0.3 is 60.0 Å². The molecule has 576 valence electrons. The van der Waals surface area contributed by atoms with Crippen molar-refractivity contribution in [3.05, 3.63) is 12.7 Å². The number of carbonyl (C=O) groups excluding carboxylic acids is 12. The number of nitrogens with zero attached hydrogens (tertiary/aromatic N) is 9. The van der Waals surface area contributed by atoms with Gasteiger partial charge >= 0.3 is 6.18 Å². The fourth-order valence-electron chi connectivity index (χ4n) is 16.3. The highest BCUT2D eigenvalue weighted by Crippen LogP contribution is 2.44. The molecule has 11 atom stereocenters. The van der Waals surface area contributed by atoms with E-state index in [-0.39, 0.29) is 82.0 Å². The number of hydrogen-bond acceptors (Lipinski definition) is 12. The Morgan fingerprint density at radius 3 is 1.75 bits per heavy atom. The summed E-state index contributed by atoms with van der Waals surface area (Å²) in [6.45, 7) is 10.3. The zero-order valence-electron chi connectivity index (χ0n) is 62.9. The Balaban J connectivity index is 1.44. The normalized spacial score (nSPS) is 29.2. The van der Waals surface area contributed by atoms with Crippen molar-refractivity contribution in [2.75, 3.05) is 89.1 Å². The molecule has 0 aromatic heterocycles. The molecular formula is C74H120ClF3N12O12. The van der Waals surface area contributed by atoms with Crippen LogP contribution in [0, 0.1) is 35.5 Å². The summed E-state index contributed by atoms with van der Waals surface area (Å²) in [4.78, 5) is 191. The first kappa shape index (κ1) is 84.4. The van der Waals surface area contributed by atoms with Crippen molar-refractivity contribution in [1.82, 2.24) is 60.0 Å². The van der Waals surface area contributed by atoms with Crippen LogP contribution < -0.4 is 16.0 Å². The van der Waals surface area contributed by atoms with Crippen LogP contribution in [0.15, 0.2) is 12.7 Å². The van der Waals surface area contributed by atoms with Crippen molar-refractivity contribution >= 4 is 82.5 Å². The zero-order chi connectivity index (χ0) is 75.7. The lowest BCUT2D eigenvalue weighted by molar-refractivity contribution is -0.182. The second-order valence-electron chi connectivity index (χ2n) is 31.0. The number of rotatable bonds is 13. The summed E-state index contributed by atoms with van der Waals surface area (Å²) in [5.41, 5.74) is -1.61. The van der Waals surface area contributed by atoms with E-state index in [1.54, 1.807) is 11.8 Å². The zero-order valence-corrected chi connectivity index (χ0v) is 63.7. The summed E-state index contributed by atoms with van der Waals surface area (Å²) < 4.78 is 42.1. The van der Waals surface area contributed by atoms with Crippen molar-refractivity contribution in [3.63, 3.8) is 0 Å². The van der Waals surface area contributed by atoms with Gasteiger partial charge in [-0.25, -0.2) is 0 Å². The maximum Gasteiger partial charge on any atom is 0.393 e. The van der Waals surface area contributed by atoms with Gasteiger partial charge in [0.25, 0.3) is 0 Å². The Kier molecular flexibility index (Phi) is 31.8. The molecule has 4 aliphatic carbocycles. The van der Waals surface area contributed by atoms with Crippen LogP contribution in [0.2, 0.25) is 0 Å². The van der Waals surface area contributed by atoms with Crippen LogP contribution in [0.4, 0.5) is 13.2 Å². The molecule has 0 bridgehead atoms. The molecule has 102 heavy (non-hydrogen) atoms. The lowest BCUT2D eigenvalue weighted by Gasteiger charge is -2.43. The van der Waals surface area contributed by atoms with E-state index in [1.165, 1.54) is 82.1 Å². The standard InChI is InChI=1S/C74H120ClF3N12O12/c1-14-27-55-66(96)81-73(36-23-24-37-73)72(102)89(13)64(51-30-21-17-22-31-51)71(101)88(12)58(69(99)90-38-25-18-26-39-90)43-60(92)85(9)56(40-47(3)4)65(95)80-63(48(5)15-2)70(100)84(8)45-61(93)82(6)46-62(94)86(10)57(42-49-28-19-16-20-29-49)68(98)83(7)44-59(91)79-54(67(97)87(55)11)35-33-50-32-34-52(53(75)41-50)74(76,77)78/h14,47-58,63-64H,1,15-46H2,2-13H3,(H,79,91)(H,80,95)(H,81,96)/t48-,50?,52?,53?,54-,55-,56-,57-,58-,63-,64-/m0/s1. The molecule has 3 N–H and O–H groups in total. The predicted molar refractivity (Wildman–Crippen MR) is 381 cm³/mol. The molecule has 3 unspecified atom stereocenters. The molecular weight excluding hydrogens is 1340 g/mol. The topological polar surface area (TPSA) is 270 Å². The molecule has 24 nitrogen and oxygen atoms in total. The molecule has 0 radical (unpaired) electrons. The van der Waals surface area contributed by atoms with Gasteiger partial charge in [0.2, 0.25) is 70.9 Å². The van der Waals surface area contributed by atoms with Gasteiger partial charge in [-0.1, -0.05) is 104 Å². The van der Waals surface area contributed by atoms with Crippen molar-refractivity contribution in [2.45, 2.75) is 260 Å². The molecule has 2 heterocycles. The maximum atomic E-state index is 15.9. The van der Waals surface area contributed by atoms with Crippen LogP contribution in [-0.2, 0) is 57.5 Å². The number of carbonyl (C=O) groups is 12. The third-order valence-electron chi connectivity index (χ3n) is 23.1. The van der Waals surface area contributed by atoms with Crippen LogP contribution in [-0.4, -0.2) is 263 Å². The Hall–Kier alpha value is -6.54. The summed E-state index contributed by atoms with van der Waals surface area (Å²) in [6, 6.07) is -8.88. The molecule has 0 aromatic carbocycles. The van der Waals surface area contributed by atoms with E-state index in [0.29, 0.717) is 58.0 Å². The van der Waals surface area contributed by atoms with E-state index in [1.807, 2.05) is 20.8 Å². The van der Waals surface area contributed by atoms with E-state index >= 15 is 28.8 Å². The van der Waals surface area contributed by atoms with Gasteiger partial charge in [0.1, 0.15) is 47.8 Å².